The highest BCUT2D eigenvalue weighted by molar-refractivity contribution is 6.45. The zero-order chi connectivity index (χ0) is 28.8. The van der Waals surface area contributed by atoms with Gasteiger partial charge < -0.3 is 14.5 Å². The number of nitrogens with zero attached hydrogens (tertiary/aromatic N) is 6. The lowest BCUT2D eigenvalue weighted by Gasteiger charge is -2.58. The van der Waals surface area contributed by atoms with Crippen LogP contribution in [0.25, 0.3) is 22.0 Å². The molecule has 9 nitrogen and oxygen atoms in total. The topological polar surface area (TPSA) is 82.5 Å². The summed E-state index contributed by atoms with van der Waals surface area (Å²) in [5, 5.41) is 14.7. The largest absolute Gasteiger partial charge is 0.378 e. The highest BCUT2D eigenvalue weighted by Gasteiger charge is 2.55. The summed E-state index contributed by atoms with van der Waals surface area (Å²) in [4.78, 5) is 19.0. The first-order chi connectivity index (χ1) is 19.5. The number of fused-ring (bicyclic) bond motifs is 1. The Morgan fingerprint density at radius 1 is 1.17 bits per heavy atom. The number of aromatic amines is 1. The van der Waals surface area contributed by atoms with E-state index in [-0.39, 0.29) is 22.9 Å². The SMILES string of the molecule is C=CC(=O)N1CC2(CC(n3nc(N4CC(C)N(C5COC5)CC4(C)C)c(-c4c(Cl)c(Cl)cc5[nH]ncc45)c3C)C2)C1. The number of anilines is 1. The summed E-state index contributed by atoms with van der Waals surface area (Å²) in [5.74, 6) is 0.955. The molecule has 1 unspecified atom stereocenters. The van der Waals surface area contributed by atoms with Crippen molar-refractivity contribution in [3.63, 3.8) is 0 Å². The molecule has 4 aliphatic rings. The van der Waals surface area contributed by atoms with Crippen LogP contribution in [0.3, 0.4) is 0 Å². The van der Waals surface area contributed by atoms with Gasteiger partial charge in [-0.05, 0) is 52.7 Å². The molecular formula is C30H37Cl2N7O2. The Hall–Kier alpha value is -2.59. The van der Waals surface area contributed by atoms with Gasteiger partial charge >= 0.3 is 0 Å². The number of ether oxygens (including phenoxy) is 1. The number of aromatic nitrogens is 4. The van der Waals surface area contributed by atoms with Crippen molar-refractivity contribution in [2.45, 2.75) is 64.2 Å². The van der Waals surface area contributed by atoms with Crippen LogP contribution in [0.4, 0.5) is 5.82 Å². The summed E-state index contributed by atoms with van der Waals surface area (Å²) in [6.07, 6.45) is 5.22. The molecule has 1 amide bonds. The Bertz CT molecular complexity index is 1540. The number of amides is 1. The number of carbonyl (C=O) groups excluding carboxylic acids is 1. The number of benzene rings is 1. The second kappa shape index (κ2) is 9.46. The van der Waals surface area contributed by atoms with E-state index in [2.05, 4.69) is 59.0 Å². The quantitative estimate of drug-likeness (QED) is 0.413. The van der Waals surface area contributed by atoms with Gasteiger partial charge in [-0.1, -0.05) is 29.8 Å². The minimum absolute atomic E-state index is 0.0163. The summed E-state index contributed by atoms with van der Waals surface area (Å²) in [6, 6.07) is 2.91. The Balaban J connectivity index is 1.30. The average molecular weight is 599 g/mol. The highest BCUT2D eigenvalue weighted by atomic mass is 35.5. The molecule has 218 valence electrons. The average Bonchev–Trinajstić information content (AvgIpc) is 3.43. The van der Waals surface area contributed by atoms with E-state index in [1.165, 1.54) is 6.08 Å². The van der Waals surface area contributed by atoms with Crippen LogP contribution in [-0.4, -0.2) is 92.7 Å². The summed E-state index contributed by atoms with van der Waals surface area (Å²) in [5.41, 5.74) is 3.81. The van der Waals surface area contributed by atoms with E-state index in [0.29, 0.717) is 22.1 Å². The molecule has 1 aromatic carbocycles. The van der Waals surface area contributed by atoms with Crippen LogP contribution in [0.2, 0.25) is 10.0 Å². The van der Waals surface area contributed by atoms with Crippen LogP contribution in [0.15, 0.2) is 24.9 Å². The first-order valence-electron chi connectivity index (χ1n) is 14.4. The lowest BCUT2D eigenvalue weighted by Crippen LogP contribution is -2.67. The number of piperazine rings is 1. The third-order valence-corrected chi connectivity index (χ3v) is 10.7. The van der Waals surface area contributed by atoms with E-state index in [0.717, 1.165) is 85.8 Å². The van der Waals surface area contributed by atoms with Crippen LogP contribution in [0, 0.1) is 12.3 Å². The molecule has 2 aromatic heterocycles. The first-order valence-corrected chi connectivity index (χ1v) is 15.2. The van der Waals surface area contributed by atoms with E-state index in [4.69, 9.17) is 33.0 Å². The molecule has 3 aliphatic heterocycles. The predicted octanol–water partition coefficient (Wildman–Crippen LogP) is 5.08. The summed E-state index contributed by atoms with van der Waals surface area (Å²) < 4.78 is 7.75. The van der Waals surface area contributed by atoms with Crippen molar-refractivity contribution in [1.29, 1.82) is 0 Å². The third-order valence-electron chi connectivity index (χ3n) is 9.90. The van der Waals surface area contributed by atoms with Gasteiger partial charge in [-0.25, -0.2) is 0 Å². The molecular weight excluding hydrogens is 561 g/mol. The van der Waals surface area contributed by atoms with Gasteiger partial charge in [0.05, 0.1) is 47.1 Å². The second-order valence-electron chi connectivity index (χ2n) is 13.2. The lowest BCUT2D eigenvalue weighted by molar-refractivity contribution is -0.149. The zero-order valence-electron chi connectivity index (χ0n) is 24.1. The summed E-state index contributed by atoms with van der Waals surface area (Å²) >= 11 is 13.7. The van der Waals surface area contributed by atoms with Crippen molar-refractivity contribution in [2.75, 3.05) is 44.3 Å². The first kappa shape index (κ1) is 27.3. The zero-order valence-corrected chi connectivity index (χ0v) is 25.6. The van der Waals surface area contributed by atoms with Crippen LogP contribution >= 0.6 is 23.2 Å². The van der Waals surface area contributed by atoms with E-state index >= 15 is 0 Å². The minimum atomic E-state index is -0.177. The van der Waals surface area contributed by atoms with E-state index in [1.54, 1.807) is 0 Å². The van der Waals surface area contributed by atoms with Gasteiger partial charge in [0.25, 0.3) is 0 Å². The maximum atomic E-state index is 12.1. The number of hydrogen-bond acceptors (Lipinski definition) is 6. The van der Waals surface area contributed by atoms with Gasteiger partial charge in [0, 0.05) is 65.4 Å². The third kappa shape index (κ3) is 4.14. The van der Waals surface area contributed by atoms with Crippen LogP contribution in [0.1, 0.15) is 45.3 Å². The second-order valence-corrected chi connectivity index (χ2v) is 14.0. The molecule has 1 saturated carbocycles. The molecule has 11 heteroatoms. The summed E-state index contributed by atoms with van der Waals surface area (Å²) in [7, 11) is 0. The number of H-pyrrole nitrogens is 1. The van der Waals surface area contributed by atoms with Crippen molar-refractivity contribution in [3.05, 3.63) is 40.7 Å². The monoisotopic (exact) mass is 597 g/mol. The Morgan fingerprint density at radius 3 is 2.56 bits per heavy atom. The van der Waals surface area contributed by atoms with Crippen molar-refractivity contribution in [3.8, 4) is 11.1 Å². The number of carbonyl (C=O) groups is 1. The fourth-order valence-corrected chi connectivity index (χ4v) is 8.07. The minimum Gasteiger partial charge on any atom is -0.378 e. The molecule has 1 atom stereocenters. The molecule has 0 radical (unpaired) electrons. The number of hydrogen-bond donors (Lipinski definition) is 1. The molecule has 3 aromatic rings. The normalized spacial score (nSPS) is 24.4. The van der Waals surface area contributed by atoms with E-state index in [9.17, 15) is 4.79 Å². The Labute approximate surface area is 250 Å². The van der Waals surface area contributed by atoms with Crippen molar-refractivity contribution in [1.82, 2.24) is 29.8 Å². The number of halogens is 2. The standard InChI is InChI=1S/C30H37Cl2N7O2/c1-6-24(40)36-15-30(16-36)8-19(9-30)39-18(3)25(26-21-10-33-34-23(21)7-22(31)27(26)32)28(35-39)38-11-17(2)37(14-29(38,4)5)20-12-41-13-20/h6-7,10,17,19-20H,1,8-9,11-16H2,2-5H3,(H,33,34). The van der Waals surface area contributed by atoms with Gasteiger partial charge in [0.15, 0.2) is 5.82 Å². The van der Waals surface area contributed by atoms with E-state index < -0.39 is 0 Å². The molecule has 4 fully saturated rings. The highest BCUT2D eigenvalue weighted by Crippen LogP contribution is 2.56. The maximum Gasteiger partial charge on any atom is 0.245 e. The maximum absolute atomic E-state index is 12.1. The van der Waals surface area contributed by atoms with Gasteiger partial charge in [0.2, 0.25) is 5.91 Å². The fraction of sp³-hybridized carbons (Fsp3) is 0.567. The van der Waals surface area contributed by atoms with Gasteiger partial charge in [-0.3, -0.25) is 19.5 Å². The number of nitrogens with one attached hydrogen (secondary N) is 1. The molecule has 3 saturated heterocycles. The van der Waals surface area contributed by atoms with Gasteiger partial charge in [-0.2, -0.15) is 10.2 Å². The molecule has 41 heavy (non-hydrogen) atoms. The van der Waals surface area contributed by atoms with E-state index in [1.807, 2.05) is 17.2 Å². The Morgan fingerprint density at radius 2 is 1.90 bits per heavy atom. The molecule has 1 spiro atoms. The molecule has 1 aliphatic carbocycles. The predicted molar refractivity (Wildman–Crippen MR) is 162 cm³/mol. The number of rotatable bonds is 5. The van der Waals surface area contributed by atoms with Crippen molar-refractivity contribution >= 4 is 45.8 Å². The molecule has 1 N–H and O–H groups in total. The van der Waals surface area contributed by atoms with Crippen LogP contribution in [0.5, 0.6) is 0 Å². The number of likely N-dealkylation sites (tertiary alicyclic amines) is 1. The van der Waals surface area contributed by atoms with Crippen LogP contribution in [-0.2, 0) is 9.53 Å². The van der Waals surface area contributed by atoms with Crippen molar-refractivity contribution < 1.29 is 9.53 Å². The molecule has 0 bridgehead atoms. The fourth-order valence-electron chi connectivity index (χ4n) is 7.62. The van der Waals surface area contributed by atoms with Gasteiger partial charge in [0.1, 0.15) is 0 Å². The molecule has 7 rings (SSSR count). The van der Waals surface area contributed by atoms with Crippen LogP contribution < -0.4 is 4.90 Å². The van der Waals surface area contributed by atoms with Crippen molar-refractivity contribution in [2.24, 2.45) is 5.41 Å². The lowest BCUT2D eigenvalue weighted by atomic mass is 9.60. The summed E-state index contributed by atoms with van der Waals surface area (Å²) in [6.45, 7) is 17.6. The molecule has 5 heterocycles. The smallest absolute Gasteiger partial charge is 0.245 e. The Kier molecular flexibility index (Phi) is 6.29. The van der Waals surface area contributed by atoms with Gasteiger partial charge in [-0.15, -0.1) is 0 Å².